The minimum absolute atomic E-state index is 0.116. The maximum Gasteiger partial charge on any atom is 0.502 e. The molecule has 15 heavy (non-hydrogen) atoms. The van der Waals surface area contributed by atoms with Gasteiger partial charge in [0.15, 0.2) is 0 Å². The van der Waals surface area contributed by atoms with Crippen LogP contribution in [0.2, 0.25) is 0 Å². The van der Waals surface area contributed by atoms with E-state index in [4.69, 9.17) is 0 Å². The fourth-order valence-corrected chi connectivity index (χ4v) is 4.72. The second kappa shape index (κ2) is 5.88. The smallest absolute Gasteiger partial charge is 0.297 e. The third-order valence-electron chi connectivity index (χ3n) is 2.82. The van der Waals surface area contributed by atoms with Crippen LogP contribution >= 0.6 is 12.9 Å². The van der Waals surface area contributed by atoms with Gasteiger partial charge in [0, 0.05) is 0 Å². The van der Waals surface area contributed by atoms with Crippen molar-refractivity contribution < 1.29 is 0 Å². The fraction of sp³-hybridized carbons (Fsp3) is 0.231. The molecule has 1 aromatic rings. The summed E-state index contributed by atoms with van der Waals surface area (Å²) in [5.74, 6) is 0. The van der Waals surface area contributed by atoms with E-state index in [1.807, 2.05) is 0 Å². The van der Waals surface area contributed by atoms with Crippen molar-refractivity contribution in [2.45, 2.75) is 19.3 Å². The number of rotatable bonds is 3. The second-order valence-corrected chi connectivity index (χ2v) is 6.66. The van der Waals surface area contributed by atoms with Gasteiger partial charge in [-0.25, -0.2) is 0 Å². The number of hydrogen-bond acceptors (Lipinski definition) is 0. The normalized spacial score (nSPS) is 16.1. The maximum atomic E-state index is 3.69. The number of halogens is 1. The Hall–Kier alpha value is -0.0538. The maximum absolute atomic E-state index is 3.69. The van der Waals surface area contributed by atoms with E-state index in [9.17, 15) is 0 Å². The SMILES string of the molecule is [Br][Mg][C]1=C(C=Cc2ccccc2)CCC1. The van der Waals surface area contributed by atoms with E-state index in [0.717, 1.165) is 0 Å². The van der Waals surface area contributed by atoms with Gasteiger partial charge in [0.2, 0.25) is 0 Å². The lowest BCUT2D eigenvalue weighted by Gasteiger charge is -1.98. The van der Waals surface area contributed by atoms with E-state index in [1.165, 1.54) is 24.8 Å². The van der Waals surface area contributed by atoms with Gasteiger partial charge in [0.25, 0.3) is 0 Å². The van der Waals surface area contributed by atoms with Crippen molar-refractivity contribution >= 4 is 37.2 Å². The zero-order valence-electron chi connectivity index (χ0n) is 8.75. The Labute approximate surface area is 107 Å². The number of benzene rings is 1. The lowest BCUT2D eigenvalue weighted by Crippen LogP contribution is -1.85. The van der Waals surface area contributed by atoms with Crippen LogP contribution in [0.15, 0.2) is 45.7 Å². The predicted octanol–water partition coefficient (Wildman–Crippen LogP) is 4.15. The van der Waals surface area contributed by atoms with Gasteiger partial charge < -0.3 is 0 Å². The highest BCUT2D eigenvalue weighted by molar-refractivity contribution is 9.23. The van der Waals surface area contributed by atoms with Crippen LogP contribution in [0, 0.1) is 0 Å². The first-order valence-corrected chi connectivity index (χ1v) is 10.0. The van der Waals surface area contributed by atoms with Crippen molar-refractivity contribution in [2.75, 3.05) is 0 Å². The van der Waals surface area contributed by atoms with Crippen LogP contribution < -0.4 is 0 Å². The van der Waals surface area contributed by atoms with Crippen LogP contribution in [0.3, 0.4) is 0 Å². The Morgan fingerprint density at radius 2 is 1.87 bits per heavy atom. The number of hydrogen-bond donors (Lipinski definition) is 0. The molecule has 0 aliphatic heterocycles. The molecule has 0 saturated heterocycles. The van der Waals surface area contributed by atoms with Gasteiger partial charge in [-0.2, -0.15) is 3.70 Å². The minimum Gasteiger partial charge on any atom is -0.297 e. The molecule has 0 amide bonds. The highest BCUT2D eigenvalue weighted by atomic mass is 79.9. The molecule has 0 aromatic heterocycles. The molecule has 0 unspecified atom stereocenters. The van der Waals surface area contributed by atoms with Crippen LogP contribution in [0.25, 0.3) is 6.08 Å². The van der Waals surface area contributed by atoms with E-state index in [2.05, 4.69) is 55.4 Å². The van der Waals surface area contributed by atoms with Crippen LogP contribution in [0.5, 0.6) is 0 Å². The molecular formula is C13H13BrMg. The Kier molecular flexibility index (Phi) is 4.48. The summed E-state index contributed by atoms with van der Waals surface area (Å²) in [5.41, 5.74) is 2.88. The summed E-state index contributed by atoms with van der Waals surface area (Å²) in [6, 6.07) is 10.5. The predicted molar refractivity (Wildman–Crippen MR) is 71.0 cm³/mol. The average Bonchev–Trinajstić information content (AvgIpc) is 2.75. The molecule has 0 nitrogen and oxygen atoms in total. The zero-order chi connectivity index (χ0) is 10.5. The Morgan fingerprint density at radius 1 is 1.07 bits per heavy atom. The van der Waals surface area contributed by atoms with Gasteiger partial charge in [-0.15, -0.1) is 0 Å². The standard InChI is InChI=1S/C13H13.BrH.Mg/c1-2-6-12(7-3-1)10-11-13-8-4-5-9-13;;/h1-3,6-7,10-11H,4-5,8H2;1H;/q;;+1/p-1. The highest BCUT2D eigenvalue weighted by Crippen LogP contribution is 2.27. The van der Waals surface area contributed by atoms with Crippen LogP contribution in [0.4, 0.5) is 0 Å². The molecule has 0 bridgehead atoms. The van der Waals surface area contributed by atoms with Gasteiger partial charge in [0.1, 0.15) is 0 Å². The first-order chi connectivity index (χ1) is 7.40. The third-order valence-corrected chi connectivity index (χ3v) is 5.98. The van der Waals surface area contributed by atoms with E-state index >= 15 is 0 Å². The number of allylic oxidation sites excluding steroid dienone is 3. The van der Waals surface area contributed by atoms with Crippen molar-refractivity contribution in [1.82, 2.24) is 0 Å². The average molecular weight is 273 g/mol. The first kappa shape index (κ1) is 11.4. The van der Waals surface area contributed by atoms with Gasteiger partial charge in [-0.05, 0) is 18.4 Å². The monoisotopic (exact) mass is 272 g/mol. The Morgan fingerprint density at radius 3 is 2.60 bits per heavy atom. The molecule has 74 valence electrons. The molecular weight excluding hydrogens is 260 g/mol. The first-order valence-electron chi connectivity index (χ1n) is 5.40. The molecule has 2 rings (SSSR count). The zero-order valence-corrected chi connectivity index (χ0v) is 11.7. The van der Waals surface area contributed by atoms with Crippen molar-refractivity contribution in [3.63, 3.8) is 0 Å². The topological polar surface area (TPSA) is 0 Å². The van der Waals surface area contributed by atoms with Gasteiger partial charge in [-0.1, -0.05) is 54.5 Å². The van der Waals surface area contributed by atoms with Gasteiger partial charge in [-0.3, -0.25) is 12.9 Å². The molecule has 1 aromatic carbocycles. The summed E-state index contributed by atoms with van der Waals surface area (Å²) in [7, 11) is 0. The molecule has 2 heteroatoms. The molecule has 0 radical (unpaired) electrons. The summed E-state index contributed by atoms with van der Waals surface area (Å²) in [6.07, 6.45) is 8.50. The van der Waals surface area contributed by atoms with Crippen LogP contribution in [-0.2, 0) is 0 Å². The lowest BCUT2D eigenvalue weighted by atomic mass is 10.1. The lowest BCUT2D eigenvalue weighted by molar-refractivity contribution is 0.912. The minimum atomic E-state index is -0.116. The van der Waals surface area contributed by atoms with Crippen molar-refractivity contribution in [2.24, 2.45) is 0 Å². The fourth-order valence-electron chi connectivity index (χ4n) is 1.94. The molecule has 0 N–H and O–H groups in total. The van der Waals surface area contributed by atoms with Crippen molar-refractivity contribution in [3.8, 4) is 0 Å². The molecule has 0 spiro atoms. The highest BCUT2D eigenvalue weighted by Gasteiger charge is 2.11. The van der Waals surface area contributed by atoms with Crippen molar-refractivity contribution in [3.05, 3.63) is 51.2 Å². The third kappa shape index (κ3) is 3.20. The largest absolute Gasteiger partial charge is 0.502 e. The Bertz CT molecular complexity index is 379. The van der Waals surface area contributed by atoms with E-state index < -0.39 is 0 Å². The molecule has 0 atom stereocenters. The summed E-state index contributed by atoms with van der Waals surface area (Å²) in [5, 5.41) is 0. The summed E-state index contributed by atoms with van der Waals surface area (Å²) in [4.78, 5) is 0. The molecule has 0 saturated carbocycles. The Balaban J connectivity index is 2.12. The van der Waals surface area contributed by atoms with Gasteiger partial charge >= 0.3 is 18.2 Å². The van der Waals surface area contributed by atoms with Crippen LogP contribution in [0.1, 0.15) is 24.8 Å². The summed E-state index contributed by atoms with van der Waals surface area (Å²) in [6.45, 7) is 0. The molecule has 1 aliphatic rings. The molecule has 0 fully saturated rings. The summed E-state index contributed by atoms with van der Waals surface area (Å²) < 4.78 is 1.71. The van der Waals surface area contributed by atoms with Gasteiger partial charge in [0.05, 0.1) is 0 Å². The van der Waals surface area contributed by atoms with E-state index in [1.54, 1.807) is 9.28 Å². The summed E-state index contributed by atoms with van der Waals surface area (Å²) >= 11 is 3.57. The van der Waals surface area contributed by atoms with E-state index in [-0.39, 0.29) is 18.2 Å². The van der Waals surface area contributed by atoms with Crippen LogP contribution in [-0.4, -0.2) is 18.2 Å². The quantitative estimate of drug-likeness (QED) is 0.726. The molecule has 1 aliphatic carbocycles. The van der Waals surface area contributed by atoms with Crippen molar-refractivity contribution in [1.29, 1.82) is 0 Å². The molecule has 0 heterocycles. The van der Waals surface area contributed by atoms with E-state index in [0.29, 0.717) is 0 Å². The second-order valence-electron chi connectivity index (χ2n) is 3.86.